The third-order valence-corrected chi connectivity index (χ3v) is 3.28. The molecule has 0 aromatic carbocycles. The van der Waals surface area contributed by atoms with E-state index in [4.69, 9.17) is 0 Å². The summed E-state index contributed by atoms with van der Waals surface area (Å²) in [4.78, 5) is 39.7. The summed E-state index contributed by atoms with van der Waals surface area (Å²) >= 11 is 1.18. The van der Waals surface area contributed by atoms with Crippen LogP contribution in [0.4, 0.5) is 4.79 Å². The number of amides is 3. The van der Waals surface area contributed by atoms with Gasteiger partial charge in [-0.3, -0.25) is 30.2 Å². The summed E-state index contributed by atoms with van der Waals surface area (Å²) < 4.78 is 0. The number of carbonyl (C=O) groups is 3. The quantitative estimate of drug-likeness (QED) is 0.761. The van der Waals surface area contributed by atoms with Crippen LogP contribution in [0.25, 0.3) is 0 Å². The molecule has 0 aliphatic carbocycles. The molecule has 0 radical (unpaired) electrons. The number of hydrogen-bond acceptors (Lipinski definition) is 5. The Kier molecular flexibility index (Phi) is 4.35. The molecule has 0 atom stereocenters. The first-order chi connectivity index (χ1) is 9.16. The zero-order chi connectivity index (χ0) is 13.7. The molecule has 100 valence electrons. The second-order valence-corrected chi connectivity index (χ2v) is 4.80. The lowest BCUT2D eigenvalue weighted by molar-refractivity contribution is -0.122. The molecule has 2 rings (SSSR count). The van der Waals surface area contributed by atoms with Crippen molar-refractivity contribution in [2.45, 2.75) is 0 Å². The largest absolute Gasteiger partial charge is 0.323 e. The maximum Gasteiger partial charge on any atom is 0.288 e. The normalized spacial score (nSPS) is 14.3. The molecular formula is C11H12N4O3S. The molecular weight excluding hydrogens is 268 g/mol. The van der Waals surface area contributed by atoms with E-state index in [1.54, 1.807) is 12.1 Å². The van der Waals surface area contributed by atoms with E-state index in [0.29, 0.717) is 12.3 Å². The number of thioether (sulfide) groups is 1. The maximum atomic E-state index is 11.6. The second-order valence-electron chi connectivity index (χ2n) is 3.75. The Labute approximate surface area is 113 Å². The summed E-state index contributed by atoms with van der Waals surface area (Å²) in [6, 6.07) is 4.89. The summed E-state index contributed by atoms with van der Waals surface area (Å²) in [5, 5.41) is -0.119. The van der Waals surface area contributed by atoms with Gasteiger partial charge in [0.25, 0.3) is 17.1 Å². The number of aromatic nitrogens is 1. The van der Waals surface area contributed by atoms with E-state index >= 15 is 0 Å². The molecule has 8 heteroatoms. The van der Waals surface area contributed by atoms with Crippen LogP contribution >= 0.6 is 11.8 Å². The smallest absolute Gasteiger partial charge is 0.288 e. The summed E-state index contributed by atoms with van der Waals surface area (Å²) in [5.74, 6) is -0.261. The zero-order valence-corrected chi connectivity index (χ0v) is 10.8. The molecule has 2 heterocycles. The Bertz CT molecular complexity index is 494. The van der Waals surface area contributed by atoms with Gasteiger partial charge in [0.05, 0.1) is 0 Å². The number of carbonyl (C=O) groups excluding carboxylic acids is 3. The van der Waals surface area contributed by atoms with E-state index in [9.17, 15) is 14.4 Å². The van der Waals surface area contributed by atoms with Gasteiger partial charge < -0.3 is 4.90 Å². The fourth-order valence-corrected chi connectivity index (χ4v) is 2.29. The molecule has 3 amide bonds. The minimum absolute atomic E-state index is 0.0612. The van der Waals surface area contributed by atoms with Gasteiger partial charge in [0.1, 0.15) is 12.2 Å². The number of hydrazine groups is 1. The number of nitrogens with one attached hydrogen (secondary N) is 2. The monoisotopic (exact) mass is 280 g/mol. The Morgan fingerprint density at radius 2 is 2.21 bits per heavy atom. The van der Waals surface area contributed by atoms with E-state index in [1.165, 1.54) is 28.9 Å². The van der Waals surface area contributed by atoms with Crippen LogP contribution in [0, 0.1) is 0 Å². The highest BCUT2D eigenvalue weighted by Gasteiger charge is 2.23. The van der Waals surface area contributed by atoms with Crippen LogP contribution < -0.4 is 10.9 Å². The van der Waals surface area contributed by atoms with Crippen molar-refractivity contribution < 1.29 is 14.4 Å². The minimum atomic E-state index is -0.504. The molecule has 0 saturated carbocycles. The lowest BCUT2D eigenvalue weighted by Gasteiger charge is -2.14. The van der Waals surface area contributed by atoms with Crippen molar-refractivity contribution in [2.24, 2.45) is 0 Å². The Morgan fingerprint density at radius 3 is 2.84 bits per heavy atom. The Balaban J connectivity index is 1.77. The SMILES string of the molecule is O=C(CN1CCSC1=O)NNC(=O)c1ccccn1. The van der Waals surface area contributed by atoms with Crippen molar-refractivity contribution in [1.82, 2.24) is 20.7 Å². The summed E-state index contributed by atoms with van der Waals surface area (Å²) in [7, 11) is 0. The van der Waals surface area contributed by atoms with Gasteiger partial charge in [-0.15, -0.1) is 0 Å². The highest BCUT2D eigenvalue weighted by molar-refractivity contribution is 8.13. The van der Waals surface area contributed by atoms with Gasteiger partial charge in [0.15, 0.2) is 0 Å². The summed E-state index contributed by atoms with van der Waals surface area (Å²) in [6.07, 6.45) is 1.48. The van der Waals surface area contributed by atoms with Crippen molar-refractivity contribution in [1.29, 1.82) is 0 Å². The van der Waals surface area contributed by atoms with Crippen molar-refractivity contribution >= 4 is 28.8 Å². The molecule has 1 fully saturated rings. The van der Waals surface area contributed by atoms with Gasteiger partial charge in [0.2, 0.25) is 0 Å². The van der Waals surface area contributed by atoms with Crippen molar-refractivity contribution in [2.75, 3.05) is 18.8 Å². The van der Waals surface area contributed by atoms with Gasteiger partial charge in [-0.25, -0.2) is 0 Å². The van der Waals surface area contributed by atoms with Crippen LogP contribution in [-0.4, -0.2) is 45.8 Å². The summed E-state index contributed by atoms with van der Waals surface area (Å²) in [6.45, 7) is 0.486. The van der Waals surface area contributed by atoms with Crippen molar-refractivity contribution in [3.05, 3.63) is 30.1 Å². The van der Waals surface area contributed by atoms with E-state index in [-0.39, 0.29) is 17.5 Å². The maximum absolute atomic E-state index is 11.6. The fourth-order valence-electron chi connectivity index (χ4n) is 1.47. The van der Waals surface area contributed by atoms with Gasteiger partial charge in [-0.1, -0.05) is 17.8 Å². The first-order valence-electron chi connectivity index (χ1n) is 5.59. The van der Waals surface area contributed by atoms with Crippen LogP contribution in [0.15, 0.2) is 24.4 Å². The Morgan fingerprint density at radius 1 is 1.37 bits per heavy atom. The first-order valence-corrected chi connectivity index (χ1v) is 6.57. The van der Waals surface area contributed by atoms with Crippen LogP contribution in [0.3, 0.4) is 0 Å². The average molecular weight is 280 g/mol. The van der Waals surface area contributed by atoms with E-state index in [1.807, 2.05) is 0 Å². The van der Waals surface area contributed by atoms with E-state index < -0.39 is 11.8 Å². The van der Waals surface area contributed by atoms with Crippen LogP contribution in [0.5, 0.6) is 0 Å². The molecule has 1 aliphatic rings. The lowest BCUT2D eigenvalue weighted by Crippen LogP contribution is -2.46. The third-order valence-electron chi connectivity index (χ3n) is 2.39. The van der Waals surface area contributed by atoms with E-state index in [0.717, 1.165) is 0 Å². The highest BCUT2D eigenvalue weighted by Crippen LogP contribution is 2.16. The standard InChI is InChI=1S/C11H12N4O3S/c16-9(7-15-5-6-19-11(15)18)13-14-10(17)8-3-1-2-4-12-8/h1-4H,5-7H2,(H,13,16)(H,14,17). The third kappa shape index (κ3) is 3.68. The minimum Gasteiger partial charge on any atom is -0.323 e. The molecule has 1 aromatic rings. The van der Waals surface area contributed by atoms with Gasteiger partial charge in [-0.2, -0.15) is 0 Å². The summed E-state index contributed by atoms with van der Waals surface area (Å²) in [5.41, 5.74) is 4.69. The molecule has 0 bridgehead atoms. The van der Waals surface area contributed by atoms with Gasteiger partial charge in [0, 0.05) is 18.5 Å². The predicted molar refractivity (Wildman–Crippen MR) is 69.3 cm³/mol. The fraction of sp³-hybridized carbons (Fsp3) is 0.273. The topological polar surface area (TPSA) is 91.4 Å². The second kappa shape index (κ2) is 6.19. The van der Waals surface area contributed by atoms with Crippen molar-refractivity contribution in [3.63, 3.8) is 0 Å². The zero-order valence-electron chi connectivity index (χ0n) is 9.96. The van der Waals surface area contributed by atoms with Gasteiger partial charge >= 0.3 is 0 Å². The highest BCUT2D eigenvalue weighted by atomic mass is 32.2. The number of rotatable bonds is 3. The lowest BCUT2D eigenvalue weighted by atomic mass is 10.3. The van der Waals surface area contributed by atoms with Crippen LogP contribution in [-0.2, 0) is 4.79 Å². The Hall–Kier alpha value is -2.09. The molecule has 2 N–H and O–H groups in total. The van der Waals surface area contributed by atoms with Crippen LogP contribution in [0.2, 0.25) is 0 Å². The van der Waals surface area contributed by atoms with E-state index in [2.05, 4.69) is 15.8 Å². The molecule has 1 aromatic heterocycles. The van der Waals surface area contributed by atoms with Crippen LogP contribution in [0.1, 0.15) is 10.5 Å². The molecule has 19 heavy (non-hydrogen) atoms. The predicted octanol–water partition coefficient (Wildman–Crippen LogP) is 0.0114. The van der Waals surface area contributed by atoms with Gasteiger partial charge in [-0.05, 0) is 12.1 Å². The number of nitrogens with zero attached hydrogens (tertiary/aromatic N) is 2. The van der Waals surface area contributed by atoms with Crippen molar-refractivity contribution in [3.8, 4) is 0 Å². The molecule has 0 spiro atoms. The molecule has 0 unspecified atom stereocenters. The molecule has 1 aliphatic heterocycles. The first kappa shape index (κ1) is 13.3. The number of hydrogen-bond donors (Lipinski definition) is 2. The average Bonchev–Trinajstić information content (AvgIpc) is 2.82. The molecule has 7 nitrogen and oxygen atoms in total. The molecule has 1 saturated heterocycles. The number of pyridine rings is 1.